The molecule has 0 aromatic rings. The van der Waals surface area contributed by atoms with E-state index in [-0.39, 0.29) is 0 Å². The fraction of sp³-hybridized carbons (Fsp3) is 1.00. The van der Waals surface area contributed by atoms with Gasteiger partial charge < -0.3 is 10.2 Å². The highest BCUT2D eigenvalue weighted by atomic mass is 15.1. The van der Waals surface area contributed by atoms with Crippen molar-refractivity contribution < 1.29 is 0 Å². The van der Waals surface area contributed by atoms with Gasteiger partial charge >= 0.3 is 0 Å². The first-order chi connectivity index (χ1) is 5.16. The maximum Gasteiger partial charge on any atom is 0.0104 e. The lowest BCUT2D eigenvalue weighted by atomic mass is 10.2. The molecule has 2 nitrogen and oxygen atoms in total. The molecule has 11 heavy (non-hydrogen) atoms. The monoisotopic (exact) mass is 158 g/mol. The van der Waals surface area contributed by atoms with Gasteiger partial charge in [0.1, 0.15) is 0 Å². The molecule has 0 heterocycles. The second-order valence-corrected chi connectivity index (χ2v) is 3.49. The molecule has 0 aliphatic heterocycles. The summed E-state index contributed by atoms with van der Waals surface area (Å²) in [6, 6.07) is 0. The summed E-state index contributed by atoms with van der Waals surface area (Å²) in [5.74, 6) is 0.766. The molecular formula is C9H22N2. The average molecular weight is 158 g/mol. The number of likely N-dealkylation sites (N-methyl/N-ethyl adjacent to an activating group) is 1. The van der Waals surface area contributed by atoms with E-state index in [4.69, 9.17) is 0 Å². The third kappa shape index (κ3) is 7.82. The number of nitrogens with one attached hydrogen (secondary N) is 1. The molecule has 0 atom stereocenters. The highest BCUT2D eigenvalue weighted by Gasteiger charge is 1.94. The van der Waals surface area contributed by atoms with Gasteiger partial charge in [0.25, 0.3) is 0 Å². The Labute approximate surface area is 71.0 Å². The van der Waals surface area contributed by atoms with Crippen LogP contribution >= 0.6 is 0 Å². The highest BCUT2D eigenvalue weighted by molar-refractivity contribution is 4.54. The van der Waals surface area contributed by atoms with Crippen LogP contribution in [0.15, 0.2) is 0 Å². The third-order valence-corrected chi connectivity index (χ3v) is 1.76. The zero-order valence-corrected chi connectivity index (χ0v) is 8.35. The van der Waals surface area contributed by atoms with Gasteiger partial charge in [-0.25, -0.2) is 0 Å². The van der Waals surface area contributed by atoms with Crippen molar-refractivity contribution in [3.8, 4) is 0 Å². The van der Waals surface area contributed by atoms with Crippen LogP contribution in [0.2, 0.25) is 0 Å². The maximum absolute atomic E-state index is 3.41. The predicted molar refractivity (Wildman–Crippen MR) is 50.9 cm³/mol. The Morgan fingerprint density at radius 3 is 2.45 bits per heavy atom. The topological polar surface area (TPSA) is 15.3 Å². The molecule has 0 aliphatic rings. The van der Waals surface area contributed by atoms with Crippen molar-refractivity contribution >= 4 is 0 Å². The molecule has 0 aromatic carbocycles. The van der Waals surface area contributed by atoms with Crippen LogP contribution in [0.3, 0.4) is 0 Å². The van der Waals surface area contributed by atoms with Crippen LogP contribution in [0.1, 0.15) is 20.8 Å². The van der Waals surface area contributed by atoms with Gasteiger partial charge in [-0.2, -0.15) is 0 Å². The molecule has 0 aromatic heterocycles. The quantitative estimate of drug-likeness (QED) is 0.584. The Kier molecular flexibility index (Phi) is 6.57. The summed E-state index contributed by atoms with van der Waals surface area (Å²) in [4.78, 5) is 2.31. The zero-order valence-electron chi connectivity index (χ0n) is 8.35. The molecule has 0 amide bonds. The van der Waals surface area contributed by atoms with E-state index in [2.05, 4.69) is 38.0 Å². The van der Waals surface area contributed by atoms with E-state index in [9.17, 15) is 0 Å². The first kappa shape index (κ1) is 10.9. The van der Waals surface area contributed by atoms with Gasteiger partial charge in [-0.1, -0.05) is 20.8 Å². The van der Waals surface area contributed by atoms with Crippen molar-refractivity contribution in [3.05, 3.63) is 0 Å². The number of rotatable bonds is 6. The van der Waals surface area contributed by atoms with Crippen LogP contribution in [0.5, 0.6) is 0 Å². The summed E-state index contributed by atoms with van der Waals surface area (Å²) in [6.45, 7) is 11.2. The van der Waals surface area contributed by atoms with E-state index in [0.29, 0.717) is 0 Å². The van der Waals surface area contributed by atoms with Crippen molar-refractivity contribution in [1.29, 1.82) is 0 Å². The molecular weight excluding hydrogens is 136 g/mol. The summed E-state index contributed by atoms with van der Waals surface area (Å²) >= 11 is 0. The van der Waals surface area contributed by atoms with E-state index in [1.165, 1.54) is 0 Å². The van der Waals surface area contributed by atoms with Crippen LogP contribution < -0.4 is 5.32 Å². The van der Waals surface area contributed by atoms with Crippen molar-refractivity contribution in [1.82, 2.24) is 10.2 Å². The van der Waals surface area contributed by atoms with Crippen molar-refractivity contribution in [2.45, 2.75) is 20.8 Å². The van der Waals surface area contributed by atoms with E-state index >= 15 is 0 Å². The molecule has 0 bridgehead atoms. The van der Waals surface area contributed by atoms with Gasteiger partial charge in [0, 0.05) is 13.1 Å². The van der Waals surface area contributed by atoms with E-state index < -0.39 is 0 Å². The number of hydrogen-bond donors (Lipinski definition) is 1. The largest absolute Gasteiger partial charge is 0.315 e. The molecule has 2 heteroatoms. The summed E-state index contributed by atoms with van der Waals surface area (Å²) < 4.78 is 0. The molecule has 0 aliphatic carbocycles. The second-order valence-electron chi connectivity index (χ2n) is 3.49. The minimum absolute atomic E-state index is 0.766. The molecule has 68 valence electrons. The number of nitrogens with zero attached hydrogens (tertiary/aromatic N) is 1. The minimum atomic E-state index is 0.766. The summed E-state index contributed by atoms with van der Waals surface area (Å²) in [5, 5.41) is 3.41. The molecule has 0 saturated heterocycles. The van der Waals surface area contributed by atoms with Gasteiger partial charge in [-0.15, -0.1) is 0 Å². The Hall–Kier alpha value is -0.0800. The van der Waals surface area contributed by atoms with Crippen LogP contribution in [0.4, 0.5) is 0 Å². The normalized spacial score (nSPS) is 11.5. The van der Waals surface area contributed by atoms with E-state index in [1.807, 2.05) is 0 Å². The SMILES string of the molecule is CCN(C)CCNCC(C)C. The third-order valence-electron chi connectivity index (χ3n) is 1.76. The number of hydrogen-bond acceptors (Lipinski definition) is 2. The van der Waals surface area contributed by atoms with Gasteiger partial charge in [-0.05, 0) is 26.1 Å². The Bertz CT molecular complexity index is 81.6. The smallest absolute Gasteiger partial charge is 0.0104 e. The van der Waals surface area contributed by atoms with Crippen LogP contribution in [0, 0.1) is 5.92 Å². The second kappa shape index (κ2) is 6.62. The minimum Gasteiger partial charge on any atom is -0.315 e. The van der Waals surface area contributed by atoms with Gasteiger partial charge in [-0.3, -0.25) is 0 Å². The Balaban J connectivity index is 3.01. The molecule has 0 spiro atoms. The summed E-state index contributed by atoms with van der Waals surface area (Å²) in [5.41, 5.74) is 0. The summed E-state index contributed by atoms with van der Waals surface area (Å²) in [7, 11) is 2.15. The fourth-order valence-electron chi connectivity index (χ4n) is 0.819. The summed E-state index contributed by atoms with van der Waals surface area (Å²) in [6.07, 6.45) is 0. The van der Waals surface area contributed by atoms with Crippen molar-refractivity contribution in [3.63, 3.8) is 0 Å². The first-order valence-electron chi connectivity index (χ1n) is 4.56. The Morgan fingerprint density at radius 1 is 1.36 bits per heavy atom. The molecule has 0 unspecified atom stereocenters. The lowest BCUT2D eigenvalue weighted by molar-refractivity contribution is 0.345. The molecule has 0 fully saturated rings. The highest BCUT2D eigenvalue weighted by Crippen LogP contribution is 1.86. The predicted octanol–water partition coefficient (Wildman–Crippen LogP) is 1.18. The van der Waals surface area contributed by atoms with Crippen molar-refractivity contribution in [2.75, 3.05) is 33.2 Å². The molecule has 0 radical (unpaired) electrons. The van der Waals surface area contributed by atoms with Crippen molar-refractivity contribution in [2.24, 2.45) is 5.92 Å². The average Bonchev–Trinajstić information content (AvgIpc) is 1.97. The lowest BCUT2D eigenvalue weighted by Gasteiger charge is -2.14. The van der Waals surface area contributed by atoms with Gasteiger partial charge in [0.15, 0.2) is 0 Å². The first-order valence-corrected chi connectivity index (χ1v) is 4.56. The van der Waals surface area contributed by atoms with E-state index in [1.54, 1.807) is 0 Å². The van der Waals surface area contributed by atoms with Crippen LogP contribution in [0.25, 0.3) is 0 Å². The van der Waals surface area contributed by atoms with Crippen LogP contribution in [-0.2, 0) is 0 Å². The van der Waals surface area contributed by atoms with Gasteiger partial charge in [0.05, 0.1) is 0 Å². The maximum atomic E-state index is 3.41. The van der Waals surface area contributed by atoms with E-state index in [0.717, 1.165) is 32.1 Å². The van der Waals surface area contributed by atoms with Gasteiger partial charge in [0.2, 0.25) is 0 Å². The van der Waals surface area contributed by atoms with Crippen LogP contribution in [-0.4, -0.2) is 38.1 Å². The zero-order chi connectivity index (χ0) is 8.69. The lowest BCUT2D eigenvalue weighted by Crippen LogP contribution is -2.30. The Morgan fingerprint density at radius 2 is 2.00 bits per heavy atom. The molecule has 1 N–H and O–H groups in total. The molecule has 0 saturated carbocycles. The fourth-order valence-corrected chi connectivity index (χ4v) is 0.819. The molecule has 0 rings (SSSR count). The standard InChI is InChI=1S/C9H22N2/c1-5-11(4)7-6-10-8-9(2)3/h9-10H,5-8H2,1-4H3.